The van der Waals surface area contributed by atoms with E-state index in [2.05, 4.69) is 15.0 Å². The molecule has 16 heavy (non-hydrogen) atoms. The minimum atomic E-state index is -1.10. The molecule has 2 heterocycles. The van der Waals surface area contributed by atoms with Crippen LogP contribution in [0, 0.1) is 4.64 Å². The second-order valence-electron chi connectivity index (χ2n) is 2.99. The topological polar surface area (TPSA) is 78.9 Å². The average molecular weight is 233 g/mol. The minimum Gasteiger partial charge on any atom is -0.478 e. The number of hydrogen-bond donors (Lipinski definition) is 2. The lowest BCUT2D eigenvalue weighted by molar-refractivity contribution is 0.0695. The smallest absolute Gasteiger partial charge is 0.340 e. The maximum Gasteiger partial charge on any atom is 0.340 e. The maximum absolute atomic E-state index is 10.7. The first-order chi connectivity index (χ1) is 7.68. The lowest BCUT2D eigenvalue weighted by Crippen LogP contribution is -2.02. The van der Waals surface area contributed by atoms with Crippen LogP contribution in [0.15, 0.2) is 30.6 Å². The highest BCUT2D eigenvalue weighted by Crippen LogP contribution is 2.11. The van der Waals surface area contributed by atoms with E-state index in [0.717, 1.165) is 0 Å². The molecule has 2 aromatic heterocycles. The Balaban J connectivity index is 2.51. The molecule has 5 nitrogen and oxygen atoms in total. The number of carboxylic acids is 1. The van der Waals surface area contributed by atoms with E-state index in [1.807, 2.05) is 6.07 Å². The number of carboxylic acid groups (broad SMARTS) is 1. The van der Waals surface area contributed by atoms with Gasteiger partial charge in [0.15, 0.2) is 5.82 Å². The quantitative estimate of drug-likeness (QED) is 0.774. The molecule has 0 radical (unpaired) electrons. The molecular formula is C10H7N3O2S. The molecule has 0 bridgehead atoms. The van der Waals surface area contributed by atoms with Gasteiger partial charge in [0, 0.05) is 12.4 Å². The van der Waals surface area contributed by atoms with E-state index in [1.54, 1.807) is 18.3 Å². The van der Waals surface area contributed by atoms with Crippen molar-refractivity contribution >= 4 is 18.2 Å². The van der Waals surface area contributed by atoms with Crippen molar-refractivity contribution in [3.8, 4) is 11.5 Å². The number of nitrogens with one attached hydrogen (secondary N) is 1. The number of pyridine rings is 1. The van der Waals surface area contributed by atoms with Crippen LogP contribution in [0.4, 0.5) is 0 Å². The molecule has 0 spiro atoms. The number of aromatic carboxylic acids is 1. The van der Waals surface area contributed by atoms with E-state index >= 15 is 0 Å². The summed E-state index contributed by atoms with van der Waals surface area (Å²) in [6.07, 6.45) is 2.85. The molecule has 80 valence electrons. The Morgan fingerprint density at radius 3 is 2.75 bits per heavy atom. The van der Waals surface area contributed by atoms with Crippen molar-refractivity contribution in [1.29, 1.82) is 0 Å². The zero-order valence-corrected chi connectivity index (χ0v) is 8.86. The Morgan fingerprint density at radius 1 is 1.38 bits per heavy atom. The summed E-state index contributed by atoms with van der Waals surface area (Å²) in [5.74, 6) is -0.642. The van der Waals surface area contributed by atoms with Gasteiger partial charge < -0.3 is 10.1 Å². The molecule has 0 saturated heterocycles. The van der Waals surface area contributed by atoms with Gasteiger partial charge in [0.05, 0.1) is 0 Å². The third kappa shape index (κ3) is 1.96. The Bertz CT molecular complexity index is 580. The van der Waals surface area contributed by atoms with E-state index < -0.39 is 5.97 Å². The Hall–Kier alpha value is -2.08. The predicted octanol–water partition coefficient (Wildman–Crippen LogP) is 1.90. The molecule has 0 amide bonds. The van der Waals surface area contributed by atoms with E-state index in [-0.39, 0.29) is 10.2 Å². The van der Waals surface area contributed by atoms with Crippen molar-refractivity contribution in [1.82, 2.24) is 15.0 Å². The summed E-state index contributed by atoms with van der Waals surface area (Å²) in [5, 5.41) is 8.78. The summed E-state index contributed by atoms with van der Waals surface area (Å²) in [4.78, 5) is 21.5. The molecule has 0 fully saturated rings. The van der Waals surface area contributed by atoms with Gasteiger partial charge in [-0.05, 0) is 12.1 Å². The van der Waals surface area contributed by atoms with Crippen LogP contribution in [0.5, 0.6) is 0 Å². The fraction of sp³-hybridized carbons (Fsp3) is 0. The van der Waals surface area contributed by atoms with Gasteiger partial charge >= 0.3 is 5.97 Å². The van der Waals surface area contributed by atoms with Gasteiger partial charge in [0.25, 0.3) is 0 Å². The first-order valence-electron chi connectivity index (χ1n) is 4.42. The van der Waals surface area contributed by atoms with E-state index in [4.69, 9.17) is 17.3 Å². The fourth-order valence-electron chi connectivity index (χ4n) is 1.18. The summed E-state index contributed by atoms with van der Waals surface area (Å²) in [7, 11) is 0. The molecule has 0 aliphatic heterocycles. The van der Waals surface area contributed by atoms with Crippen LogP contribution >= 0.6 is 12.2 Å². The van der Waals surface area contributed by atoms with E-state index in [9.17, 15) is 4.79 Å². The molecule has 2 N–H and O–H groups in total. The predicted molar refractivity (Wildman–Crippen MR) is 59.6 cm³/mol. The first kappa shape index (κ1) is 10.4. The van der Waals surface area contributed by atoms with Gasteiger partial charge in [-0.2, -0.15) is 0 Å². The first-order valence-corrected chi connectivity index (χ1v) is 4.83. The largest absolute Gasteiger partial charge is 0.478 e. The van der Waals surface area contributed by atoms with Crippen LogP contribution in [-0.2, 0) is 0 Å². The van der Waals surface area contributed by atoms with Crippen LogP contribution < -0.4 is 0 Å². The third-order valence-electron chi connectivity index (χ3n) is 1.94. The van der Waals surface area contributed by atoms with Gasteiger partial charge in [-0.25, -0.2) is 9.78 Å². The second kappa shape index (κ2) is 4.19. The standard InChI is InChI=1S/C10H7N3O2S/c14-10(15)6-5-12-8(13-9(6)16)7-3-1-2-4-11-7/h1-5H,(H,14,15)(H,12,13,16). The highest BCUT2D eigenvalue weighted by atomic mass is 32.1. The van der Waals surface area contributed by atoms with E-state index in [1.165, 1.54) is 6.20 Å². The summed E-state index contributed by atoms with van der Waals surface area (Å²) >= 11 is 4.91. The van der Waals surface area contributed by atoms with Crippen molar-refractivity contribution in [3.63, 3.8) is 0 Å². The van der Waals surface area contributed by atoms with Crippen LogP contribution in [0.1, 0.15) is 10.4 Å². The van der Waals surface area contributed by atoms with Gasteiger partial charge in [-0.1, -0.05) is 18.3 Å². The molecule has 0 aromatic carbocycles. The summed E-state index contributed by atoms with van der Waals surface area (Å²) in [5.41, 5.74) is 0.597. The van der Waals surface area contributed by atoms with Crippen LogP contribution in [0.3, 0.4) is 0 Å². The molecular weight excluding hydrogens is 226 g/mol. The minimum absolute atomic E-state index is 0.0188. The Morgan fingerprint density at radius 2 is 2.19 bits per heavy atom. The highest BCUT2D eigenvalue weighted by molar-refractivity contribution is 7.71. The lowest BCUT2D eigenvalue weighted by atomic mass is 10.3. The third-order valence-corrected chi connectivity index (χ3v) is 2.26. The number of aromatic amines is 1. The van der Waals surface area contributed by atoms with Gasteiger partial charge in [-0.15, -0.1) is 0 Å². The summed E-state index contributed by atoms with van der Waals surface area (Å²) < 4.78 is 0.142. The molecule has 0 saturated carbocycles. The molecule has 0 aliphatic rings. The van der Waals surface area contributed by atoms with E-state index in [0.29, 0.717) is 11.5 Å². The zero-order chi connectivity index (χ0) is 11.5. The molecule has 2 rings (SSSR count). The van der Waals surface area contributed by atoms with Crippen molar-refractivity contribution in [2.45, 2.75) is 0 Å². The number of carbonyl (C=O) groups is 1. The van der Waals surface area contributed by atoms with Gasteiger partial charge in [0.1, 0.15) is 15.9 Å². The zero-order valence-electron chi connectivity index (χ0n) is 8.04. The van der Waals surface area contributed by atoms with Crippen molar-refractivity contribution in [3.05, 3.63) is 40.8 Å². The van der Waals surface area contributed by atoms with Gasteiger partial charge in [-0.3, -0.25) is 4.98 Å². The number of aromatic nitrogens is 3. The number of hydrogen-bond acceptors (Lipinski definition) is 4. The van der Waals surface area contributed by atoms with Crippen LogP contribution in [0.2, 0.25) is 0 Å². The van der Waals surface area contributed by atoms with Crippen LogP contribution in [0.25, 0.3) is 11.5 Å². The fourth-order valence-corrected chi connectivity index (χ4v) is 1.42. The summed E-state index contributed by atoms with van der Waals surface area (Å²) in [6.45, 7) is 0. The Kier molecular flexibility index (Phi) is 2.74. The lowest BCUT2D eigenvalue weighted by Gasteiger charge is -2.00. The normalized spacial score (nSPS) is 10.0. The number of rotatable bonds is 2. The van der Waals surface area contributed by atoms with Gasteiger partial charge in [0.2, 0.25) is 0 Å². The highest BCUT2D eigenvalue weighted by Gasteiger charge is 2.08. The van der Waals surface area contributed by atoms with Crippen LogP contribution in [-0.4, -0.2) is 26.0 Å². The SMILES string of the molecule is O=C(O)c1cnc(-c2ccccn2)[nH]c1=S. The second-order valence-corrected chi connectivity index (χ2v) is 3.40. The average Bonchev–Trinajstić information content (AvgIpc) is 2.29. The number of nitrogens with zero attached hydrogens (tertiary/aromatic N) is 2. The molecule has 0 atom stereocenters. The Labute approximate surface area is 95.8 Å². The van der Waals surface area contributed by atoms with Crippen molar-refractivity contribution in [2.75, 3.05) is 0 Å². The van der Waals surface area contributed by atoms with Crippen molar-refractivity contribution in [2.24, 2.45) is 0 Å². The summed E-state index contributed by atoms with van der Waals surface area (Å²) in [6, 6.07) is 5.35. The molecule has 0 unspecified atom stereocenters. The number of H-pyrrole nitrogens is 1. The maximum atomic E-state index is 10.7. The molecule has 2 aromatic rings. The molecule has 0 aliphatic carbocycles. The molecule has 6 heteroatoms. The van der Waals surface area contributed by atoms with Crippen molar-refractivity contribution < 1.29 is 9.90 Å². The monoisotopic (exact) mass is 233 g/mol.